The number of rotatable bonds is 9. The molecule has 1 saturated carbocycles. The summed E-state index contributed by atoms with van der Waals surface area (Å²) in [6.07, 6.45) is 9.20. The highest BCUT2D eigenvalue weighted by atomic mass is 35.5. The van der Waals surface area contributed by atoms with E-state index in [0.29, 0.717) is 41.8 Å². The van der Waals surface area contributed by atoms with Crippen LogP contribution in [0, 0.1) is 23.6 Å². The zero-order chi connectivity index (χ0) is 25.1. The Morgan fingerprint density at radius 2 is 1.92 bits per heavy atom. The van der Waals surface area contributed by atoms with E-state index in [1.54, 1.807) is 29.4 Å². The summed E-state index contributed by atoms with van der Waals surface area (Å²) in [4.78, 5) is 24.9. The Balaban J connectivity index is 1.03. The Morgan fingerprint density at radius 3 is 2.64 bits per heavy atom. The molecule has 0 bridgehead atoms. The molecule has 5 rings (SSSR count). The maximum atomic E-state index is 14.6. The molecule has 3 atom stereocenters. The minimum absolute atomic E-state index is 0.0463. The van der Waals surface area contributed by atoms with Crippen molar-refractivity contribution < 1.29 is 18.3 Å². The number of ether oxygens (including phenoxy) is 1. The highest BCUT2D eigenvalue weighted by Crippen LogP contribution is 2.49. The number of carbonyl (C=O) groups excluding carboxylic acids is 1. The number of alkyl halides is 1. The van der Waals surface area contributed by atoms with Crippen molar-refractivity contribution in [2.24, 2.45) is 17.8 Å². The Labute approximate surface area is 216 Å². The van der Waals surface area contributed by atoms with Gasteiger partial charge in [-0.2, -0.15) is 0 Å². The summed E-state index contributed by atoms with van der Waals surface area (Å²) in [7, 11) is 0. The van der Waals surface area contributed by atoms with Gasteiger partial charge in [-0.05, 0) is 67.9 Å². The van der Waals surface area contributed by atoms with Crippen LogP contribution in [0.5, 0.6) is 5.75 Å². The molecule has 0 N–H and O–H groups in total. The third-order valence-electron chi connectivity index (χ3n) is 8.01. The monoisotopic (exact) mass is 518 g/mol. The van der Waals surface area contributed by atoms with Gasteiger partial charge in [-0.1, -0.05) is 17.7 Å². The normalized spacial score (nSPS) is 24.2. The Morgan fingerprint density at radius 1 is 1.14 bits per heavy atom. The van der Waals surface area contributed by atoms with Crippen molar-refractivity contribution >= 4 is 23.5 Å². The van der Waals surface area contributed by atoms with Crippen molar-refractivity contribution in [1.29, 1.82) is 0 Å². The van der Waals surface area contributed by atoms with Gasteiger partial charge < -0.3 is 14.5 Å². The van der Waals surface area contributed by atoms with Gasteiger partial charge in [0.25, 0.3) is 0 Å². The molecule has 0 unspecified atom stereocenters. The van der Waals surface area contributed by atoms with Gasteiger partial charge in [0.2, 0.25) is 11.9 Å². The van der Waals surface area contributed by atoms with E-state index in [1.807, 2.05) is 0 Å². The van der Waals surface area contributed by atoms with E-state index in [0.717, 1.165) is 56.6 Å². The number of anilines is 1. The molecule has 1 aliphatic carbocycles. The fraction of sp³-hybridized carbons (Fsp3) is 0.593. The van der Waals surface area contributed by atoms with Crippen LogP contribution in [0.2, 0.25) is 5.02 Å². The van der Waals surface area contributed by atoms with Crippen molar-refractivity contribution in [3.63, 3.8) is 0 Å². The lowest BCUT2D eigenvalue weighted by Gasteiger charge is -2.32. The van der Waals surface area contributed by atoms with E-state index < -0.39 is 12.5 Å². The molecule has 2 aliphatic heterocycles. The number of piperidine rings is 1. The first kappa shape index (κ1) is 25.2. The van der Waals surface area contributed by atoms with Crippen LogP contribution in [0.15, 0.2) is 30.6 Å². The van der Waals surface area contributed by atoms with Gasteiger partial charge in [0, 0.05) is 25.7 Å². The van der Waals surface area contributed by atoms with Gasteiger partial charge in [0.05, 0.1) is 36.5 Å². The fourth-order valence-corrected chi connectivity index (χ4v) is 5.95. The molecule has 36 heavy (non-hydrogen) atoms. The average molecular weight is 519 g/mol. The van der Waals surface area contributed by atoms with Crippen molar-refractivity contribution in [1.82, 2.24) is 14.9 Å². The number of likely N-dealkylation sites (tertiary alicyclic amines) is 1. The fourth-order valence-electron chi connectivity index (χ4n) is 5.85. The number of halogens is 3. The minimum Gasteiger partial charge on any atom is -0.493 e. The summed E-state index contributed by atoms with van der Waals surface area (Å²) in [6.45, 7) is 2.50. The molecule has 1 aromatic carbocycles. The predicted molar refractivity (Wildman–Crippen MR) is 135 cm³/mol. The van der Waals surface area contributed by atoms with E-state index in [-0.39, 0.29) is 18.4 Å². The maximum absolute atomic E-state index is 14.6. The van der Waals surface area contributed by atoms with E-state index in [9.17, 15) is 13.6 Å². The molecule has 194 valence electrons. The van der Waals surface area contributed by atoms with E-state index in [1.165, 1.54) is 12.5 Å². The van der Waals surface area contributed by atoms with Crippen LogP contribution in [-0.4, -0.2) is 59.7 Å². The first-order valence-corrected chi connectivity index (χ1v) is 13.4. The van der Waals surface area contributed by atoms with Crippen LogP contribution in [0.3, 0.4) is 0 Å². The molecule has 0 spiro atoms. The summed E-state index contributed by atoms with van der Waals surface area (Å²) in [5.74, 6) is 2.71. The third kappa shape index (κ3) is 5.90. The number of amides is 1. The molecule has 3 aliphatic rings. The number of hydrogen-bond acceptors (Lipinski definition) is 5. The Bertz CT molecular complexity index is 1050. The topological polar surface area (TPSA) is 58.6 Å². The van der Waals surface area contributed by atoms with Crippen LogP contribution >= 0.6 is 11.6 Å². The molecule has 2 saturated heterocycles. The summed E-state index contributed by atoms with van der Waals surface area (Å²) in [5.41, 5.74) is 0.328. The van der Waals surface area contributed by atoms with Gasteiger partial charge in [-0.15, -0.1) is 0 Å². The molecule has 0 radical (unpaired) electrons. The van der Waals surface area contributed by atoms with E-state index in [2.05, 4.69) is 14.9 Å². The maximum Gasteiger partial charge on any atom is 0.227 e. The zero-order valence-corrected chi connectivity index (χ0v) is 21.2. The van der Waals surface area contributed by atoms with Crippen molar-refractivity contribution in [2.45, 2.75) is 51.0 Å². The second-order valence-corrected chi connectivity index (χ2v) is 10.7. The molecule has 3 fully saturated rings. The van der Waals surface area contributed by atoms with Crippen LogP contribution in [0.4, 0.5) is 14.7 Å². The van der Waals surface area contributed by atoms with Crippen molar-refractivity contribution in [2.75, 3.05) is 37.8 Å². The van der Waals surface area contributed by atoms with Gasteiger partial charge in [-0.3, -0.25) is 4.79 Å². The first-order valence-electron chi connectivity index (χ1n) is 13.0. The molecule has 2 aromatic rings. The smallest absolute Gasteiger partial charge is 0.227 e. The lowest BCUT2D eigenvalue weighted by atomic mass is 9.90. The molecular weight excluding hydrogens is 486 g/mol. The standard InChI is InChI=1S/C27H33ClF2N4O2/c28-21-16-31-27(32-17-21)33-9-5-18(6-10-33)24-12-19(24)7-11-36-23-4-3-20(25(30)14-23)13-26(35)34-8-1-2-22(34)15-29/h3-4,14,16-19,22,24H,1-2,5-13,15H2/t19-,22-,24-/m1/s1. The van der Waals surface area contributed by atoms with Crippen molar-refractivity contribution in [3.05, 3.63) is 47.0 Å². The molecule has 1 amide bonds. The van der Waals surface area contributed by atoms with Crippen LogP contribution in [0.25, 0.3) is 0 Å². The number of carbonyl (C=O) groups is 1. The lowest BCUT2D eigenvalue weighted by molar-refractivity contribution is -0.131. The summed E-state index contributed by atoms with van der Waals surface area (Å²) in [5, 5.41) is 0.552. The number of benzene rings is 1. The summed E-state index contributed by atoms with van der Waals surface area (Å²) in [6, 6.07) is 4.33. The molecule has 6 nitrogen and oxygen atoms in total. The predicted octanol–water partition coefficient (Wildman–Crippen LogP) is 5.09. The highest BCUT2D eigenvalue weighted by molar-refractivity contribution is 6.30. The number of aromatic nitrogens is 2. The van der Waals surface area contributed by atoms with Gasteiger partial charge in [-0.25, -0.2) is 18.7 Å². The average Bonchev–Trinajstić information content (AvgIpc) is 3.49. The lowest BCUT2D eigenvalue weighted by Crippen LogP contribution is -2.37. The third-order valence-corrected chi connectivity index (χ3v) is 8.21. The SMILES string of the molecule is O=C(Cc1ccc(OCC[C@@H]2C[C@@H]2C2CCN(c3ncc(Cl)cn3)CC2)cc1F)N1CCC[C@@H]1CF. The van der Waals surface area contributed by atoms with E-state index in [4.69, 9.17) is 16.3 Å². The van der Waals surface area contributed by atoms with Gasteiger partial charge in [0.1, 0.15) is 18.2 Å². The number of nitrogens with zero attached hydrogens (tertiary/aromatic N) is 4. The van der Waals surface area contributed by atoms with Crippen LogP contribution < -0.4 is 9.64 Å². The van der Waals surface area contributed by atoms with E-state index >= 15 is 0 Å². The van der Waals surface area contributed by atoms with Crippen LogP contribution in [-0.2, 0) is 11.2 Å². The highest BCUT2D eigenvalue weighted by Gasteiger charge is 2.43. The molecule has 3 heterocycles. The summed E-state index contributed by atoms with van der Waals surface area (Å²) < 4.78 is 33.5. The first-order chi connectivity index (χ1) is 17.5. The quantitative estimate of drug-likeness (QED) is 0.462. The second-order valence-electron chi connectivity index (χ2n) is 10.3. The van der Waals surface area contributed by atoms with Gasteiger partial charge >= 0.3 is 0 Å². The second kappa shape index (κ2) is 11.3. The molecule has 9 heteroatoms. The number of hydrogen-bond donors (Lipinski definition) is 0. The van der Waals surface area contributed by atoms with Crippen molar-refractivity contribution in [3.8, 4) is 5.75 Å². The molecular formula is C27H33ClF2N4O2. The Kier molecular flexibility index (Phi) is 7.89. The largest absolute Gasteiger partial charge is 0.493 e. The zero-order valence-electron chi connectivity index (χ0n) is 20.4. The van der Waals surface area contributed by atoms with Crippen LogP contribution in [0.1, 0.15) is 44.1 Å². The Hall–Kier alpha value is -2.48. The molecule has 1 aromatic heterocycles. The minimum atomic E-state index is -0.541. The van der Waals surface area contributed by atoms with Gasteiger partial charge in [0.15, 0.2) is 0 Å². The summed E-state index contributed by atoms with van der Waals surface area (Å²) >= 11 is 5.89.